The molecular weight excluding hydrogens is 439 g/mol. The van der Waals surface area contributed by atoms with Gasteiger partial charge in [0.25, 0.3) is 0 Å². The Kier molecular flexibility index (Phi) is 5.31. The zero-order chi connectivity index (χ0) is 21.5. The number of anilines is 2. The highest BCUT2D eigenvalue weighted by molar-refractivity contribution is 6.42. The standard InChI is InChI=1S/C20H22Cl2N8O/c1-2-30-19-17(25-26-30)18(23-12-24-19)29-10-13(11-29)20(31)28-7-5-27(6-8-28)14-3-4-15(21)16(22)9-14/h3-4,9,12-13H,2,5-8,10-11H2,1H3. The van der Waals surface area contributed by atoms with Crippen LogP contribution < -0.4 is 9.80 Å². The molecule has 0 atom stereocenters. The summed E-state index contributed by atoms with van der Waals surface area (Å²) in [6, 6.07) is 5.65. The Hall–Kier alpha value is -2.65. The van der Waals surface area contributed by atoms with Gasteiger partial charge in [-0.05, 0) is 25.1 Å². The Labute approximate surface area is 189 Å². The monoisotopic (exact) mass is 460 g/mol. The first-order chi connectivity index (χ1) is 15.0. The van der Waals surface area contributed by atoms with Crippen molar-refractivity contribution in [2.45, 2.75) is 13.5 Å². The molecule has 9 nitrogen and oxygen atoms in total. The van der Waals surface area contributed by atoms with E-state index in [1.54, 1.807) is 4.68 Å². The van der Waals surface area contributed by atoms with Crippen molar-refractivity contribution in [2.75, 3.05) is 49.1 Å². The number of halogens is 2. The Morgan fingerprint density at radius 2 is 1.84 bits per heavy atom. The van der Waals surface area contributed by atoms with E-state index in [1.807, 2.05) is 30.0 Å². The van der Waals surface area contributed by atoms with Gasteiger partial charge >= 0.3 is 0 Å². The molecule has 4 heterocycles. The number of benzene rings is 1. The Morgan fingerprint density at radius 1 is 1.06 bits per heavy atom. The second-order valence-electron chi connectivity index (χ2n) is 7.79. The van der Waals surface area contributed by atoms with Crippen LogP contribution in [0.25, 0.3) is 11.2 Å². The predicted octanol–water partition coefficient (Wildman–Crippen LogP) is 2.33. The summed E-state index contributed by atoms with van der Waals surface area (Å²) in [5, 5.41) is 9.45. The molecule has 0 N–H and O–H groups in total. The molecule has 1 aromatic carbocycles. The molecule has 2 aromatic heterocycles. The molecule has 0 unspecified atom stereocenters. The van der Waals surface area contributed by atoms with Crippen molar-refractivity contribution >= 4 is 51.8 Å². The molecule has 11 heteroatoms. The fourth-order valence-electron chi connectivity index (χ4n) is 4.16. The third-order valence-corrected chi connectivity index (χ3v) is 6.71. The number of hydrogen-bond donors (Lipinski definition) is 0. The maximum absolute atomic E-state index is 13.0. The van der Waals surface area contributed by atoms with Gasteiger partial charge in [-0.25, -0.2) is 14.6 Å². The van der Waals surface area contributed by atoms with E-state index in [2.05, 4.69) is 30.1 Å². The summed E-state index contributed by atoms with van der Waals surface area (Å²) in [6.07, 6.45) is 1.53. The molecule has 2 saturated heterocycles. The molecule has 162 valence electrons. The number of amides is 1. The van der Waals surface area contributed by atoms with E-state index < -0.39 is 0 Å². The Bertz CT molecular complexity index is 1120. The van der Waals surface area contributed by atoms with Gasteiger partial charge in [0.2, 0.25) is 5.91 Å². The van der Waals surface area contributed by atoms with Gasteiger partial charge in [0.05, 0.1) is 16.0 Å². The first-order valence-electron chi connectivity index (χ1n) is 10.3. The summed E-state index contributed by atoms with van der Waals surface area (Å²) in [7, 11) is 0. The summed E-state index contributed by atoms with van der Waals surface area (Å²) in [5.74, 6) is 0.925. The molecule has 0 aliphatic carbocycles. The normalized spacial score (nSPS) is 17.3. The molecule has 2 fully saturated rings. The molecule has 31 heavy (non-hydrogen) atoms. The summed E-state index contributed by atoms with van der Waals surface area (Å²) >= 11 is 12.2. The van der Waals surface area contributed by atoms with Crippen LogP contribution in [0.5, 0.6) is 0 Å². The van der Waals surface area contributed by atoms with Crippen LogP contribution in [0, 0.1) is 5.92 Å². The van der Waals surface area contributed by atoms with E-state index in [4.69, 9.17) is 23.2 Å². The first kappa shape index (κ1) is 20.3. The molecule has 3 aromatic rings. The Balaban J connectivity index is 1.19. The minimum Gasteiger partial charge on any atom is -0.368 e. The second-order valence-corrected chi connectivity index (χ2v) is 8.60. The van der Waals surface area contributed by atoms with Crippen LogP contribution in [0.4, 0.5) is 11.5 Å². The summed E-state index contributed by atoms with van der Waals surface area (Å²) in [4.78, 5) is 27.9. The van der Waals surface area contributed by atoms with Gasteiger partial charge in [-0.1, -0.05) is 28.4 Å². The van der Waals surface area contributed by atoms with Gasteiger partial charge in [0.15, 0.2) is 17.0 Å². The van der Waals surface area contributed by atoms with E-state index >= 15 is 0 Å². The minimum absolute atomic E-state index is 0.0252. The topological polar surface area (TPSA) is 83.3 Å². The lowest BCUT2D eigenvalue weighted by atomic mass is 9.98. The van der Waals surface area contributed by atoms with Crippen molar-refractivity contribution in [3.63, 3.8) is 0 Å². The third kappa shape index (κ3) is 3.65. The SMILES string of the molecule is CCn1nnc2c(N3CC(C(=O)N4CCN(c5ccc(Cl)c(Cl)c5)CC4)C3)ncnc21. The molecule has 5 rings (SSSR count). The van der Waals surface area contributed by atoms with Crippen LogP contribution in [-0.4, -0.2) is 75.0 Å². The number of piperazine rings is 1. The maximum atomic E-state index is 13.0. The number of carbonyl (C=O) groups excluding carboxylic acids is 1. The second kappa shape index (κ2) is 8.12. The van der Waals surface area contributed by atoms with Gasteiger partial charge in [-0.15, -0.1) is 5.10 Å². The molecule has 2 aliphatic rings. The van der Waals surface area contributed by atoms with Crippen LogP contribution in [0.1, 0.15) is 6.92 Å². The van der Waals surface area contributed by atoms with Gasteiger partial charge < -0.3 is 14.7 Å². The summed E-state index contributed by atoms with van der Waals surface area (Å²) in [5.41, 5.74) is 2.44. The molecule has 2 aliphatic heterocycles. The smallest absolute Gasteiger partial charge is 0.229 e. The quantitative estimate of drug-likeness (QED) is 0.590. The largest absolute Gasteiger partial charge is 0.368 e. The lowest BCUT2D eigenvalue weighted by Gasteiger charge is -2.43. The van der Waals surface area contributed by atoms with Crippen LogP contribution >= 0.6 is 23.2 Å². The zero-order valence-corrected chi connectivity index (χ0v) is 18.6. The first-order valence-corrected chi connectivity index (χ1v) is 11.1. The zero-order valence-electron chi connectivity index (χ0n) is 17.1. The summed E-state index contributed by atoms with van der Waals surface area (Å²) < 4.78 is 1.75. The van der Waals surface area contributed by atoms with E-state index in [0.29, 0.717) is 48.3 Å². The lowest BCUT2D eigenvalue weighted by Crippen LogP contribution is -2.58. The van der Waals surface area contributed by atoms with Crippen LogP contribution in [-0.2, 0) is 11.3 Å². The third-order valence-electron chi connectivity index (χ3n) is 5.97. The number of carbonyl (C=O) groups is 1. The van der Waals surface area contributed by atoms with Crippen molar-refractivity contribution in [3.8, 4) is 0 Å². The number of fused-ring (bicyclic) bond motifs is 1. The van der Waals surface area contributed by atoms with Crippen molar-refractivity contribution in [2.24, 2.45) is 5.92 Å². The molecule has 0 radical (unpaired) electrons. The van der Waals surface area contributed by atoms with Crippen molar-refractivity contribution in [3.05, 3.63) is 34.6 Å². The van der Waals surface area contributed by atoms with E-state index in [9.17, 15) is 4.79 Å². The number of aromatic nitrogens is 5. The average molecular weight is 461 g/mol. The molecule has 1 amide bonds. The van der Waals surface area contributed by atoms with Gasteiger partial charge in [-0.3, -0.25) is 4.79 Å². The van der Waals surface area contributed by atoms with Crippen LogP contribution in [0.15, 0.2) is 24.5 Å². The van der Waals surface area contributed by atoms with E-state index in [1.165, 1.54) is 6.33 Å². The highest BCUT2D eigenvalue weighted by Gasteiger charge is 2.38. The van der Waals surface area contributed by atoms with Gasteiger partial charge in [-0.2, -0.15) is 0 Å². The highest BCUT2D eigenvalue weighted by atomic mass is 35.5. The molecule has 0 bridgehead atoms. The van der Waals surface area contributed by atoms with Gasteiger partial charge in [0, 0.05) is 51.5 Å². The van der Waals surface area contributed by atoms with E-state index in [-0.39, 0.29) is 11.8 Å². The number of hydrogen-bond acceptors (Lipinski definition) is 7. The lowest BCUT2D eigenvalue weighted by molar-refractivity contribution is -0.136. The molecule has 0 saturated carbocycles. The fraction of sp³-hybridized carbons (Fsp3) is 0.450. The van der Waals surface area contributed by atoms with Crippen molar-refractivity contribution in [1.82, 2.24) is 29.9 Å². The summed E-state index contributed by atoms with van der Waals surface area (Å²) in [6.45, 7) is 6.89. The number of rotatable bonds is 4. The average Bonchev–Trinajstić information content (AvgIpc) is 3.19. The van der Waals surface area contributed by atoms with Crippen molar-refractivity contribution in [1.29, 1.82) is 0 Å². The highest BCUT2D eigenvalue weighted by Crippen LogP contribution is 2.30. The number of nitrogens with zero attached hydrogens (tertiary/aromatic N) is 8. The number of aryl methyl sites for hydroxylation is 1. The minimum atomic E-state index is -0.0252. The van der Waals surface area contributed by atoms with Gasteiger partial charge in [0.1, 0.15) is 6.33 Å². The molecular formula is C20H22Cl2N8O. The Morgan fingerprint density at radius 3 is 2.55 bits per heavy atom. The van der Waals surface area contributed by atoms with Crippen molar-refractivity contribution < 1.29 is 4.79 Å². The fourth-order valence-corrected chi connectivity index (χ4v) is 4.45. The molecule has 0 spiro atoms. The van der Waals surface area contributed by atoms with Crippen LogP contribution in [0.3, 0.4) is 0 Å². The maximum Gasteiger partial charge on any atom is 0.229 e. The predicted molar refractivity (Wildman–Crippen MR) is 120 cm³/mol. The van der Waals surface area contributed by atoms with Crippen LogP contribution in [0.2, 0.25) is 10.0 Å². The van der Waals surface area contributed by atoms with E-state index in [0.717, 1.165) is 30.2 Å².